The van der Waals surface area contributed by atoms with Crippen LogP contribution in [0.4, 0.5) is 0 Å². The van der Waals surface area contributed by atoms with Crippen molar-refractivity contribution in [3.05, 3.63) is 35.4 Å². The first kappa shape index (κ1) is 11.6. The molecule has 2 heteroatoms. The van der Waals surface area contributed by atoms with Crippen molar-refractivity contribution in [1.29, 1.82) is 0 Å². The highest BCUT2D eigenvalue weighted by atomic mass is 16.3. The van der Waals surface area contributed by atoms with Crippen LogP contribution < -0.4 is 0 Å². The lowest BCUT2D eigenvalue weighted by molar-refractivity contribution is 0.0637. The largest absolute Gasteiger partial charge is 0.387 e. The van der Waals surface area contributed by atoms with E-state index >= 15 is 0 Å². The van der Waals surface area contributed by atoms with Gasteiger partial charge in [-0.3, -0.25) is 4.90 Å². The molecular weight excluding hydrogens is 198 g/mol. The van der Waals surface area contributed by atoms with Crippen molar-refractivity contribution in [3.8, 4) is 0 Å². The van der Waals surface area contributed by atoms with Gasteiger partial charge in [0, 0.05) is 6.04 Å². The van der Waals surface area contributed by atoms with Crippen LogP contribution in [0, 0.1) is 0 Å². The number of hydrogen-bond acceptors (Lipinski definition) is 2. The quantitative estimate of drug-likeness (QED) is 0.840. The minimum Gasteiger partial charge on any atom is -0.387 e. The van der Waals surface area contributed by atoms with Gasteiger partial charge in [0.1, 0.15) is 0 Å². The highest BCUT2D eigenvalue weighted by molar-refractivity contribution is 5.35. The van der Waals surface area contributed by atoms with Crippen LogP contribution in [0.25, 0.3) is 0 Å². The third-order valence-corrected chi connectivity index (χ3v) is 3.55. The maximum Gasteiger partial charge on any atom is 0.0951 e. The predicted octanol–water partition coefficient (Wildman–Crippen LogP) is 2.38. The Hall–Kier alpha value is -0.860. The third kappa shape index (κ3) is 2.00. The zero-order valence-corrected chi connectivity index (χ0v) is 10.2. The van der Waals surface area contributed by atoms with Gasteiger partial charge in [0.05, 0.1) is 6.10 Å². The molecule has 0 saturated carbocycles. The SMILES string of the molecule is CCCN(CC)C1Cc2ccccc2C1O. The lowest BCUT2D eigenvalue weighted by Crippen LogP contribution is -2.38. The smallest absolute Gasteiger partial charge is 0.0951 e. The maximum atomic E-state index is 10.3. The van der Waals surface area contributed by atoms with Crippen LogP contribution in [-0.2, 0) is 6.42 Å². The topological polar surface area (TPSA) is 23.5 Å². The second-order valence-electron chi connectivity index (χ2n) is 4.54. The zero-order chi connectivity index (χ0) is 11.5. The van der Waals surface area contributed by atoms with Gasteiger partial charge < -0.3 is 5.11 Å². The average Bonchev–Trinajstić information content (AvgIpc) is 2.64. The van der Waals surface area contributed by atoms with Crippen LogP contribution in [0.5, 0.6) is 0 Å². The van der Waals surface area contributed by atoms with Crippen LogP contribution in [-0.4, -0.2) is 29.1 Å². The lowest BCUT2D eigenvalue weighted by Gasteiger charge is -2.29. The van der Waals surface area contributed by atoms with Gasteiger partial charge in [-0.2, -0.15) is 0 Å². The van der Waals surface area contributed by atoms with E-state index in [-0.39, 0.29) is 12.1 Å². The Kier molecular flexibility index (Phi) is 3.62. The molecule has 2 atom stereocenters. The summed E-state index contributed by atoms with van der Waals surface area (Å²) in [5.41, 5.74) is 2.44. The van der Waals surface area contributed by atoms with E-state index in [1.807, 2.05) is 6.07 Å². The summed E-state index contributed by atoms with van der Waals surface area (Å²) in [5.74, 6) is 0. The average molecular weight is 219 g/mol. The number of rotatable bonds is 4. The number of fused-ring (bicyclic) bond motifs is 1. The highest BCUT2D eigenvalue weighted by Crippen LogP contribution is 2.34. The van der Waals surface area contributed by atoms with E-state index in [2.05, 4.69) is 36.9 Å². The molecule has 0 saturated heterocycles. The fourth-order valence-electron chi connectivity index (χ4n) is 2.73. The van der Waals surface area contributed by atoms with Crippen LogP contribution in [0.3, 0.4) is 0 Å². The van der Waals surface area contributed by atoms with Crippen LogP contribution >= 0.6 is 0 Å². The molecule has 2 nitrogen and oxygen atoms in total. The zero-order valence-electron chi connectivity index (χ0n) is 10.2. The molecule has 0 aromatic heterocycles. The fraction of sp³-hybridized carbons (Fsp3) is 0.571. The molecule has 2 unspecified atom stereocenters. The monoisotopic (exact) mass is 219 g/mol. The standard InChI is InChI=1S/C14H21NO/c1-3-9-15(4-2)13-10-11-7-5-6-8-12(11)14(13)16/h5-8,13-14,16H,3-4,9-10H2,1-2H3. The summed E-state index contributed by atoms with van der Waals surface area (Å²) in [6.07, 6.45) is 1.83. The van der Waals surface area contributed by atoms with E-state index in [9.17, 15) is 5.11 Å². The van der Waals surface area contributed by atoms with Gasteiger partial charge in [0.2, 0.25) is 0 Å². The van der Waals surface area contributed by atoms with Crippen LogP contribution in [0.1, 0.15) is 37.5 Å². The minimum absolute atomic E-state index is 0.280. The highest BCUT2D eigenvalue weighted by Gasteiger charge is 2.33. The maximum absolute atomic E-state index is 10.3. The molecule has 1 aliphatic rings. The van der Waals surface area contributed by atoms with E-state index in [1.54, 1.807) is 0 Å². The number of aliphatic hydroxyl groups excluding tert-OH is 1. The number of aliphatic hydroxyl groups is 1. The Labute approximate surface area is 97.9 Å². The van der Waals surface area contributed by atoms with E-state index < -0.39 is 0 Å². The van der Waals surface area contributed by atoms with Crippen molar-refractivity contribution in [2.75, 3.05) is 13.1 Å². The summed E-state index contributed by atoms with van der Waals surface area (Å²) in [5, 5.41) is 10.3. The second-order valence-corrected chi connectivity index (χ2v) is 4.54. The van der Waals surface area contributed by atoms with E-state index in [0.717, 1.165) is 31.5 Å². The number of hydrogen-bond donors (Lipinski definition) is 1. The lowest BCUT2D eigenvalue weighted by atomic mass is 10.1. The first-order valence-corrected chi connectivity index (χ1v) is 6.27. The molecule has 1 aromatic carbocycles. The molecule has 0 amide bonds. The summed E-state index contributed by atoms with van der Waals surface area (Å²) in [6.45, 7) is 6.46. The summed E-state index contributed by atoms with van der Waals surface area (Å²) < 4.78 is 0. The van der Waals surface area contributed by atoms with Gasteiger partial charge in [-0.15, -0.1) is 0 Å². The molecule has 16 heavy (non-hydrogen) atoms. The van der Waals surface area contributed by atoms with Gasteiger partial charge >= 0.3 is 0 Å². The molecule has 88 valence electrons. The van der Waals surface area contributed by atoms with Crippen molar-refractivity contribution in [2.45, 2.75) is 38.8 Å². The molecule has 0 radical (unpaired) electrons. The molecule has 1 aliphatic carbocycles. The number of nitrogens with zero attached hydrogens (tertiary/aromatic N) is 1. The summed E-state index contributed by atoms with van der Waals surface area (Å²) in [6, 6.07) is 8.55. The molecule has 1 aromatic rings. The molecule has 0 heterocycles. The summed E-state index contributed by atoms with van der Waals surface area (Å²) in [7, 11) is 0. The van der Waals surface area contributed by atoms with Gasteiger partial charge in [0.25, 0.3) is 0 Å². The van der Waals surface area contributed by atoms with Crippen molar-refractivity contribution in [3.63, 3.8) is 0 Å². The minimum atomic E-state index is -0.303. The Morgan fingerprint density at radius 1 is 1.31 bits per heavy atom. The van der Waals surface area contributed by atoms with Crippen molar-refractivity contribution in [1.82, 2.24) is 4.90 Å². The van der Waals surface area contributed by atoms with Crippen molar-refractivity contribution in [2.24, 2.45) is 0 Å². The summed E-state index contributed by atoms with van der Waals surface area (Å²) >= 11 is 0. The molecule has 0 fully saturated rings. The van der Waals surface area contributed by atoms with E-state index in [4.69, 9.17) is 0 Å². The first-order chi connectivity index (χ1) is 7.77. The number of benzene rings is 1. The van der Waals surface area contributed by atoms with Gasteiger partial charge in [-0.1, -0.05) is 38.1 Å². The van der Waals surface area contributed by atoms with Crippen LogP contribution in [0.15, 0.2) is 24.3 Å². The fourth-order valence-corrected chi connectivity index (χ4v) is 2.73. The van der Waals surface area contributed by atoms with Gasteiger partial charge in [-0.05, 0) is 37.1 Å². The van der Waals surface area contributed by atoms with E-state index in [0.29, 0.717) is 0 Å². The Balaban J connectivity index is 2.17. The normalized spacial score (nSPS) is 23.8. The first-order valence-electron chi connectivity index (χ1n) is 6.27. The molecule has 2 rings (SSSR count). The number of likely N-dealkylation sites (N-methyl/N-ethyl adjacent to an activating group) is 1. The Bertz CT molecular complexity index is 350. The van der Waals surface area contributed by atoms with Crippen molar-refractivity contribution >= 4 is 0 Å². The molecule has 0 bridgehead atoms. The third-order valence-electron chi connectivity index (χ3n) is 3.55. The molecular formula is C14H21NO. The van der Waals surface area contributed by atoms with Gasteiger partial charge in [0.15, 0.2) is 0 Å². The van der Waals surface area contributed by atoms with Gasteiger partial charge in [-0.25, -0.2) is 0 Å². The Morgan fingerprint density at radius 3 is 2.69 bits per heavy atom. The van der Waals surface area contributed by atoms with Crippen molar-refractivity contribution < 1.29 is 5.11 Å². The second kappa shape index (κ2) is 4.98. The molecule has 0 spiro atoms. The predicted molar refractivity (Wildman–Crippen MR) is 66.4 cm³/mol. The Morgan fingerprint density at radius 2 is 2.06 bits per heavy atom. The molecule has 1 N–H and O–H groups in total. The van der Waals surface area contributed by atoms with Crippen LogP contribution in [0.2, 0.25) is 0 Å². The molecule has 0 aliphatic heterocycles. The summed E-state index contributed by atoms with van der Waals surface area (Å²) in [4.78, 5) is 2.39. The van der Waals surface area contributed by atoms with E-state index in [1.165, 1.54) is 5.56 Å².